The van der Waals surface area contributed by atoms with Crippen LogP contribution in [0.2, 0.25) is 0 Å². The summed E-state index contributed by atoms with van der Waals surface area (Å²) in [7, 11) is 0. The molecule has 9 rings (SSSR count). The number of aryl methyl sites for hydroxylation is 1. The lowest BCUT2D eigenvalue weighted by molar-refractivity contribution is -0.556. The standard InChI is InChI=1S/C46H38N2O/c1-27(2)36-24-33(30-12-7-6-8-13-30)25-37(28(3)4)44(36)48-42-17-10-9-16-41(42)47-46(48)35-15-11-14-34-40-23-32-21-20-31-19-18-29(5)22-38(31)39(32)26-43(40)49-45(34)35/h6-28H,1-5H3/p+1/i5D3. The molecule has 3 heteroatoms. The van der Waals surface area contributed by atoms with E-state index in [1.54, 1.807) is 12.1 Å². The van der Waals surface area contributed by atoms with Gasteiger partial charge in [-0.25, -0.2) is 4.98 Å². The lowest BCUT2D eigenvalue weighted by Gasteiger charge is -2.20. The Hall–Kier alpha value is -5.67. The molecule has 0 aliphatic rings. The summed E-state index contributed by atoms with van der Waals surface area (Å²) in [5.74, 6) is 1.49. The zero-order chi connectivity index (χ0) is 35.9. The van der Waals surface area contributed by atoms with Crippen LogP contribution in [0, 0.1) is 6.85 Å². The van der Waals surface area contributed by atoms with Gasteiger partial charge in [-0.3, -0.25) is 0 Å². The molecule has 2 heterocycles. The smallest absolute Gasteiger partial charge is 0.296 e. The lowest BCUT2D eigenvalue weighted by atomic mass is 9.88. The van der Waals surface area contributed by atoms with Gasteiger partial charge >= 0.3 is 0 Å². The average molecular weight is 639 g/mol. The van der Waals surface area contributed by atoms with Gasteiger partial charge in [0.15, 0.2) is 16.6 Å². The Morgan fingerprint density at radius 2 is 1.33 bits per heavy atom. The minimum Gasteiger partial charge on any atom is -0.455 e. The SMILES string of the molecule is [2H]C([2H])([2H])c1ccc2ccc3cc4c(cc3c2c1)oc1c(-c2[nH]c3ccccc3[n+]2-c2c(C(C)C)cc(-c3ccccc3)cc2C(C)C)cccc14. The van der Waals surface area contributed by atoms with Crippen LogP contribution in [-0.2, 0) is 0 Å². The number of hydrogen-bond acceptors (Lipinski definition) is 1. The molecule has 0 radical (unpaired) electrons. The van der Waals surface area contributed by atoms with Crippen molar-refractivity contribution >= 4 is 54.5 Å². The first-order valence-corrected chi connectivity index (χ1v) is 17.2. The number of aromatic nitrogens is 2. The van der Waals surface area contributed by atoms with Gasteiger partial charge in [0.25, 0.3) is 5.82 Å². The molecule has 1 N–H and O–H groups in total. The zero-order valence-electron chi connectivity index (χ0n) is 31.1. The number of imidazole rings is 1. The molecule has 0 bridgehead atoms. The van der Waals surface area contributed by atoms with Gasteiger partial charge < -0.3 is 4.42 Å². The summed E-state index contributed by atoms with van der Waals surface area (Å²) in [5, 5.41) is 5.97. The molecule has 238 valence electrons. The molecule has 0 unspecified atom stereocenters. The molecule has 3 nitrogen and oxygen atoms in total. The molecule has 2 aromatic heterocycles. The van der Waals surface area contributed by atoms with E-state index in [0.29, 0.717) is 5.56 Å². The van der Waals surface area contributed by atoms with Crippen LogP contribution in [-0.4, -0.2) is 4.98 Å². The van der Waals surface area contributed by atoms with Gasteiger partial charge in [-0.1, -0.05) is 118 Å². The van der Waals surface area contributed by atoms with Gasteiger partial charge in [-0.05, 0) is 93.8 Å². The van der Waals surface area contributed by atoms with Crippen LogP contribution in [0.1, 0.15) is 60.3 Å². The Bertz CT molecular complexity index is 2810. The molecule has 0 aliphatic heterocycles. The van der Waals surface area contributed by atoms with Crippen LogP contribution in [0.15, 0.2) is 132 Å². The number of aromatic amines is 1. The fourth-order valence-electron chi connectivity index (χ4n) is 7.65. The van der Waals surface area contributed by atoms with Crippen molar-refractivity contribution in [3.63, 3.8) is 0 Å². The van der Waals surface area contributed by atoms with Crippen LogP contribution in [0.3, 0.4) is 0 Å². The number of nitrogens with one attached hydrogen (secondary N) is 1. The Balaban J connectivity index is 1.33. The number of fused-ring (bicyclic) bond motifs is 7. The summed E-state index contributed by atoms with van der Waals surface area (Å²) in [6.45, 7) is 6.94. The highest BCUT2D eigenvalue weighted by atomic mass is 16.3. The number of rotatable bonds is 5. The van der Waals surface area contributed by atoms with Crippen molar-refractivity contribution < 1.29 is 13.1 Å². The van der Waals surface area contributed by atoms with Crippen LogP contribution in [0.4, 0.5) is 0 Å². The third-order valence-electron chi connectivity index (χ3n) is 10.1. The van der Waals surface area contributed by atoms with E-state index < -0.39 is 6.85 Å². The van der Waals surface area contributed by atoms with E-state index in [9.17, 15) is 0 Å². The van der Waals surface area contributed by atoms with Crippen molar-refractivity contribution in [2.24, 2.45) is 0 Å². The average Bonchev–Trinajstić information content (AvgIpc) is 3.71. The van der Waals surface area contributed by atoms with Gasteiger partial charge in [0.05, 0.1) is 0 Å². The summed E-state index contributed by atoms with van der Waals surface area (Å²) >= 11 is 0. The molecular formula is C46H39N2O+. The van der Waals surface area contributed by atoms with E-state index in [-0.39, 0.29) is 11.8 Å². The Morgan fingerprint density at radius 3 is 2.10 bits per heavy atom. The molecular weight excluding hydrogens is 597 g/mol. The van der Waals surface area contributed by atoms with Gasteiger partial charge in [-0.2, -0.15) is 4.57 Å². The second kappa shape index (κ2) is 11.2. The zero-order valence-corrected chi connectivity index (χ0v) is 28.1. The van der Waals surface area contributed by atoms with Gasteiger partial charge in [-0.15, -0.1) is 0 Å². The van der Waals surface area contributed by atoms with Crippen molar-refractivity contribution in [3.8, 4) is 28.2 Å². The monoisotopic (exact) mass is 638 g/mol. The molecule has 0 atom stereocenters. The molecule has 0 amide bonds. The second-order valence-corrected chi connectivity index (χ2v) is 13.9. The maximum atomic E-state index is 8.02. The first-order valence-electron chi connectivity index (χ1n) is 18.7. The van der Waals surface area contributed by atoms with E-state index in [2.05, 4.69) is 146 Å². The fraction of sp³-hybridized carbons (Fsp3) is 0.152. The normalized spacial score (nSPS) is 13.3. The van der Waals surface area contributed by atoms with E-state index >= 15 is 0 Å². The first kappa shape index (κ1) is 26.3. The second-order valence-electron chi connectivity index (χ2n) is 13.9. The van der Waals surface area contributed by atoms with E-state index in [1.807, 2.05) is 6.07 Å². The number of nitrogens with zero attached hydrogens (tertiary/aromatic N) is 1. The summed E-state index contributed by atoms with van der Waals surface area (Å²) < 4.78 is 33.3. The number of furan rings is 1. The topological polar surface area (TPSA) is 32.8 Å². The molecule has 0 spiro atoms. The summed E-state index contributed by atoms with van der Waals surface area (Å²) in [6.07, 6.45) is 0. The fourth-order valence-corrected chi connectivity index (χ4v) is 7.65. The molecule has 9 aromatic rings. The Labute approximate surface area is 290 Å². The molecule has 7 aromatic carbocycles. The maximum absolute atomic E-state index is 8.02. The molecule has 0 saturated heterocycles. The Morgan fingerprint density at radius 1 is 0.612 bits per heavy atom. The largest absolute Gasteiger partial charge is 0.455 e. The maximum Gasteiger partial charge on any atom is 0.296 e. The summed E-state index contributed by atoms with van der Waals surface area (Å²) in [6, 6.07) is 44.1. The van der Waals surface area contributed by atoms with Crippen LogP contribution >= 0.6 is 0 Å². The number of hydrogen-bond donors (Lipinski definition) is 1. The summed E-state index contributed by atoms with van der Waals surface area (Å²) in [4.78, 5) is 3.82. The van der Waals surface area contributed by atoms with Crippen molar-refractivity contribution in [1.82, 2.24) is 4.98 Å². The third-order valence-corrected chi connectivity index (χ3v) is 10.1. The van der Waals surface area contributed by atoms with Gasteiger partial charge in [0, 0.05) is 26.0 Å². The van der Waals surface area contributed by atoms with Crippen LogP contribution in [0.5, 0.6) is 0 Å². The number of para-hydroxylation sites is 3. The molecule has 0 aliphatic carbocycles. The number of H-pyrrole nitrogens is 1. The van der Waals surface area contributed by atoms with Crippen molar-refractivity contribution in [2.45, 2.75) is 46.4 Å². The highest BCUT2D eigenvalue weighted by Gasteiger charge is 2.31. The highest BCUT2D eigenvalue weighted by molar-refractivity contribution is 6.17. The minimum atomic E-state index is -2.18. The quantitative estimate of drug-likeness (QED) is 0.148. The summed E-state index contributed by atoms with van der Waals surface area (Å²) in [5.41, 5.74) is 11.2. The molecule has 0 saturated carbocycles. The van der Waals surface area contributed by atoms with Crippen molar-refractivity contribution in [3.05, 3.63) is 144 Å². The van der Waals surface area contributed by atoms with Crippen LogP contribution in [0.25, 0.3) is 82.7 Å². The van der Waals surface area contributed by atoms with Gasteiger partial charge in [0.1, 0.15) is 16.8 Å². The minimum absolute atomic E-state index is 0.264. The van der Waals surface area contributed by atoms with Crippen LogP contribution < -0.4 is 4.57 Å². The first-order chi connectivity index (χ1) is 25.1. The van der Waals surface area contributed by atoms with Crippen molar-refractivity contribution in [2.75, 3.05) is 0 Å². The van der Waals surface area contributed by atoms with E-state index in [1.165, 1.54) is 27.9 Å². The van der Waals surface area contributed by atoms with Gasteiger partial charge in [0.2, 0.25) is 0 Å². The Kier molecular flexibility index (Phi) is 6.01. The third kappa shape index (κ3) is 4.68. The molecule has 49 heavy (non-hydrogen) atoms. The van der Waals surface area contributed by atoms with Crippen molar-refractivity contribution in [1.29, 1.82) is 0 Å². The van der Waals surface area contributed by atoms with E-state index in [0.717, 1.165) is 65.9 Å². The van der Waals surface area contributed by atoms with E-state index in [4.69, 9.17) is 8.53 Å². The number of benzene rings is 7. The molecule has 0 fully saturated rings. The highest BCUT2D eigenvalue weighted by Crippen LogP contribution is 2.40. The lowest BCUT2D eigenvalue weighted by Crippen LogP contribution is -2.35. The predicted molar refractivity (Wildman–Crippen MR) is 206 cm³/mol. The predicted octanol–water partition coefficient (Wildman–Crippen LogP) is 12.5.